The number of fused-ring (bicyclic) bond motifs is 1. The van der Waals surface area contributed by atoms with E-state index in [1.165, 1.54) is 10.9 Å². The van der Waals surface area contributed by atoms with E-state index in [9.17, 15) is 4.79 Å². The standard InChI is InChI=1S/C17H16BrN3O/c18-13-4-3-5-14(10-13)21-17(22)19-9-8-12-11-20-16-7-2-1-6-15(12)16/h1-7,10-11,20H,8-9H2,(H2,19,21,22). The van der Waals surface area contributed by atoms with Gasteiger partial charge >= 0.3 is 6.03 Å². The van der Waals surface area contributed by atoms with Crippen LogP contribution in [0, 0.1) is 0 Å². The number of carbonyl (C=O) groups excluding carboxylic acids is 1. The highest BCUT2D eigenvalue weighted by Crippen LogP contribution is 2.18. The number of carbonyl (C=O) groups is 1. The molecular weight excluding hydrogens is 342 g/mol. The van der Waals surface area contributed by atoms with Gasteiger partial charge in [-0.1, -0.05) is 40.2 Å². The zero-order valence-corrected chi connectivity index (χ0v) is 13.5. The van der Waals surface area contributed by atoms with Gasteiger partial charge in [0.2, 0.25) is 0 Å². The summed E-state index contributed by atoms with van der Waals surface area (Å²) in [6, 6.07) is 15.5. The van der Waals surface area contributed by atoms with E-state index in [2.05, 4.69) is 37.6 Å². The number of para-hydroxylation sites is 1. The summed E-state index contributed by atoms with van der Waals surface area (Å²) in [5.41, 5.74) is 3.09. The number of aromatic amines is 1. The van der Waals surface area contributed by atoms with Gasteiger partial charge in [-0.25, -0.2) is 4.79 Å². The molecule has 0 fully saturated rings. The van der Waals surface area contributed by atoms with Crippen molar-refractivity contribution in [3.8, 4) is 0 Å². The van der Waals surface area contributed by atoms with E-state index in [0.29, 0.717) is 6.54 Å². The fraction of sp³-hybridized carbons (Fsp3) is 0.118. The number of anilines is 1. The Labute approximate surface area is 137 Å². The summed E-state index contributed by atoms with van der Waals surface area (Å²) in [5.74, 6) is 0. The van der Waals surface area contributed by atoms with Crippen molar-refractivity contribution in [2.75, 3.05) is 11.9 Å². The molecule has 0 saturated carbocycles. The molecule has 0 unspecified atom stereocenters. The molecule has 0 aliphatic rings. The van der Waals surface area contributed by atoms with Crippen molar-refractivity contribution in [2.24, 2.45) is 0 Å². The largest absolute Gasteiger partial charge is 0.361 e. The van der Waals surface area contributed by atoms with Crippen LogP contribution in [0.1, 0.15) is 5.56 Å². The van der Waals surface area contributed by atoms with Gasteiger partial charge in [-0.05, 0) is 36.2 Å². The van der Waals surface area contributed by atoms with Gasteiger partial charge < -0.3 is 15.6 Å². The number of halogens is 1. The summed E-state index contributed by atoms with van der Waals surface area (Å²) >= 11 is 3.38. The van der Waals surface area contributed by atoms with Crippen LogP contribution in [0.25, 0.3) is 10.9 Å². The second-order valence-corrected chi connectivity index (χ2v) is 5.92. The van der Waals surface area contributed by atoms with Crippen molar-refractivity contribution in [3.05, 3.63) is 64.8 Å². The van der Waals surface area contributed by atoms with Crippen LogP contribution in [0.15, 0.2) is 59.2 Å². The van der Waals surface area contributed by atoms with Crippen LogP contribution in [-0.4, -0.2) is 17.6 Å². The molecular formula is C17H16BrN3O. The third-order valence-corrected chi connectivity index (χ3v) is 3.93. The SMILES string of the molecule is O=C(NCCc1c[nH]c2ccccc12)Nc1cccc(Br)c1. The maximum atomic E-state index is 11.9. The number of hydrogen-bond donors (Lipinski definition) is 3. The number of urea groups is 1. The highest BCUT2D eigenvalue weighted by Gasteiger charge is 2.05. The number of H-pyrrole nitrogens is 1. The van der Waals surface area contributed by atoms with E-state index in [0.717, 1.165) is 22.1 Å². The fourth-order valence-corrected chi connectivity index (χ4v) is 2.79. The molecule has 22 heavy (non-hydrogen) atoms. The van der Waals surface area contributed by atoms with Crippen LogP contribution >= 0.6 is 15.9 Å². The Balaban J connectivity index is 1.53. The van der Waals surface area contributed by atoms with Gasteiger partial charge in [0.15, 0.2) is 0 Å². The van der Waals surface area contributed by atoms with Gasteiger partial charge in [-0.15, -0.1) is 0 Å². The number of hydrogen-bond acceptors (Lipinski definition) is 1. The van der Waals surface area contributed by atoms with Gasteiger partial charge in [0, 0.05) is 33.8 Å². The lowest BCUT2D eigenvalue weighted by Crippen LogP contribution is -2.30. The average molecular weight is 358 g/mol. The average Bonchev–Trinajstić information content (AvgIpc) is 2.91. The molecule has 0 spiro atoms. The zero-order valence-electron chi connectivity index (χ0n) is 11.9. The van der Waals surface area contributed by atoms with E-state index in [1.807, 2.05) is 48.7 Å². The van der Waals surface area contributed by atoms with Crippen LogP contribution in [0.4, 0.5) is 10.5 Å². The zero-order chi connectivity index (χ0) is 15.4. The number of rotatable bonds is 4. The summed E-state index contributed by atoms with van der Waals surface area (Å²) in [6.45, 7) is 0.585. The molecule has 0 atom stereocenters. The van der Waals surface area contributed by atoms with Crippen molar-refractivity contribution >= 4 is 38.6 Å². The lowest BCUT2D eigenvalue weighted by molar-refractivity contribution is 0.252. The molecule has 0 aliphatic carbocycles. The fourth-order valence-electron chi connectivity index (χ4n) is 2.39. The summed E-state index contributed by atoms with van der Waals surface area (Å²) in [5, 5.41) is 6.89. The quantitative estimate of drug-likeness (QED) is 0.640. The summed E-state index contributed by atoms with van der Waals surface area (Å²) in [6.07, 6.45) is 2.79. The van der Waals surface area contributed by atoms with Gasteiger partial charge in [0.1, 0.15) is 0 Å². The minimum Gasteiger partial charge on any atom is -0.361 e. The number of nitrogens with one attached hydrogen (secondary N) is 3. The van der Waals surface area contributed by atoms with Crippen LogP contribution in [0.5, 0.6) is 0 Å². The lowest BCUT2D eigenvalue weighted by atomic mass is 10.1. The molecule has 1 heterocycles. The summed E-state index contributed by atoms with van der Waals surface area (Å²) < 4.78 is 0.934. The van der Waals surface area contributed by atoms with E-state index in [4.69, 9.17) is 0 Å². The molecule has 5 heteroatoms. The Morgan fingerprint density at radius 3 is 2.86 bits per heavy atom. The Bertz CT molecular complexity index is 797. The molecule has 112 valence electrons. The molecule has 2 aromatic carbocycles. The Kier molecular flexibility index (Phi) is 4.44. The first-order chi connectivity index (χ1) is 10.7. The van der Waals surface area contributed by atoms with E-state index < -0.39 is 0 Å². The van der Waals surface area contributed by atoms with Crippen LogP contribution < -0.4 is 10.6 Å². The molecule has 0 radical (unpaired) electrons. The third-order valence-electron chi connectivity index (χ3n) is 3.44. The van der Waals surface area contributed by atoms with Crippen molar-refractivity contribution in [2.45, 2.75) is 6.42 Å². The Hall–Kier alpha value is -2.27. The van der Waals surface area contributed by atoms with Crippen LogP contribution in [-0.2, 0) is 6.42 Å². The molecule has 0 bridgehead atoms. The normalized spacial score (nSPS) is 10.6. The first kappa shape index (κ1) is 14.7. The van der Waals surface area contributed by atoms with Gasteiger partial charge in [-0.3, -0.25) is 0 Å². The molecule has 4 nitrogen and oxygen atoms in total. The predicted molar refractivity (Wildman–Crippen MR) is 93.2 cm³/mol. The second-order valence-electron chi connectivity index (χ2n) is 5.00. The maximum absolute atomic E-state index is 11.9. The molecule has 0 aliphatic heterocycles. The van der Waals surface area contributed by atoms with E-state index in [1.54, 1.807) is 0 Å². The monoisotopic (exact) mass is 357 g/mol. The minimum atomic E-state index is -0.196. The molecule has 3 N–H and O–H groups in total. The summed E-state index contributed by atoms with van der Waals surface area (Å²) in [4.78, 5) is 15.1. The highest BCUT2D eigenvalue weighted by atomic mass is 79.9. The van der Waals surface area contributed by atoms with Crippen molar-refractivity contribution in [1.82, 2.24) is 10.3 Å². The van der Waals surface area contributed by atoms with E-state index >= 15 is 0 Å². The molecule has 3 rings (SSSR count). The number of amides is 2. The topological polar surface area (TPSA) is 56.9 Å². The summed E-state index contributed by atoms with van der Waals surface area (Å²) in [7, 11) is 0. The van der Waals surface area contributed by atoms with Crippen LogP contribution in [0.2, 0.25) is 0 Å². The van der Waals surface area contributed by atoms with Gasteiger partial charge in [-0.2, -0.15) is 0 Å². The predicted octanol–water partition coefficient (Wildman–Crippen LogP) is 4.29. The second kappa shape index (κ2) is 6.66. The van der Waals surface area contributed by atoms with E-state index in [-0.39, 0.29) is 6.03 Å². The van der Waals surface area contributed by atoms with Gasteiger partial charge in [0.25, 0.3) is 0 Å². The molecule has 2 amide bonds. The van der Waals surface area contributed by atoms with Crippen molar-refractivity contribution in [1.29, 1.82) is 0 Å². The molecule has 0 saturated heterocycles. The third kappa shape index (κ3) is 3.49. The first-order valence-electron chi connectivity index (χ1n) is 7.08. The number of benzene rings is 2. The smallest absolute Gasteiger partial charge is 0.319 e. The maximum Gasteiger partial charge on any atom is 0.319 e. The van der Waals surface area contributed by atoms with Crippen molar-refractivity contribution in [3.63, 3.8) is 0 Å². The van der Waals surface area contributed by atoms with Crippen LogP contribution in [0.3, 0.4) is 0 Å². The first-order valence-corrected chi connectivity index (χ1v) is 7.87. The molecule has 3 aromatic rings. The molecule has 1 aromatic heterocycles. The Morgan fingerprint density at radius 1 is 1.14 bits per heavy atom. The van der Waals surface area contributed by atoms with Gasteiger partial charge in [0.05, 0.1) is 0 Å². The highest BCUT2D eigenvalue weighted by molar-refractivity contribution is 9.10. The minimum absolute atomic E-state index is 0.196. The number of aromatic nitrogens is 1. The Morgan fingerprint density at radius 2 is 2.00 bits per heavy atom. The van der Waals surface area contributed by atoms with Crippen molar-refractivity contribution < 1.29 is 4.79 Å². The lowest BCUT2D eigenvalue weighted by Gasteiger charge is -2.07.